The predicted octanol–water partition coefficient (Wildman–Crippen LogP) is 2.74. The van der Waals surface area contributed by atoms with E-state index in [-0.39, 0.29) is 11.8 Å². The number of thiazole rings is 1. The van der Waals surface area contributed by atoms with Gasteiger partial charge in [0, 0.05) is 34.8 Å². The third-order valence-corrected chi connectivity index (χ3v) is 5.23. The monoisotopic (exact) mass is 364 g/mol. The molecule has 1 aliphatic carbocycles. The molecule has 128 valence electrons. The number of hydrogen-bond donors (Lipinski definition) is 1. The van der Waals surface area contributed by atoms with Gasteiger partial charge in [0.25, 0.3) is 0 Å². The highest BCUT2D eigenvalue weighted by Gasteiger charge is 2.35. The van der Waals surface area contributed by atoms with Crippen molar-refractivity contribution in [1.29, 1.82) is 0 Å². The number of quaternary nitrogens is 1. The Morgan fingerprint density at radius 1 is 1.33 bits per heavy atom. The fourth-order valence-corrected chi connectivity index (χ4v) is 3.57. The molecule has 0 spiro atoms. The summed E-state index contributed by atoms with van der Waals surface area (Å²) < 4.78 is 0. The minimum Gasteiger partial charge on any atom is -0.340 e. The fraction of sp³-hybridized carbons (Fsp3) is 0.444. The van der Waals surface area contributed by atoms with Crippen LogP contribution in [0.2, 0.25) is 5.02 Å². The van der Waals surface area contributed by atoms with Crippen LogP contribution >= 0.6 is 22.9 Å². The Kier molecular flexibility index (Phi) is 5.54. The van der Waals surface area contributed by atoms with E-state index in [1.807, 2.05) is 34.5 Å². The lowest BCUT2D eigenvalue weighted by atomic mass is 10.2. The molecule has 0 bridgehead atoms. The molecule has 1 N–H and O–H groups in total. The molecule has 0 aliphatic heterocycles. The molecular formula is C18H23ClN3OS+. The second kappa shape index (κ2) is 7.64. The Morgan fingerprint density at radius 2 is 2.04 bits per heavy atom. The molecule has 2 aromatic rings. The van der Waals surface area contributed by atoms with Gasteiger partial charge < -0.3 is 4.90 Å². The second-order valence-electron chi connectivity index (χ2n) is 6.60. The highest BCUT2D eigenvalue weighted by Crippen LogP contribution is 2.35. The lowest BCUT2D eigenvalue weighted by molar-refractivity contribution is -0.858. The molecule has 1 aliphatic rings. The van der Waals surface area contributed by atoms with Gasteiger partial charge in [-0.2, -0.15) is 0 Å². The van der Waals surface area contributed by atoms with E-state index in [9.17, 15) is 4.79 Å². The largest absolute Gasteiger partial charge is 0.340 e. The second-order valence-corrected chi connectivity index (χ2v) is 7.87. The van der Waals surface area contributed by atoms with Crippen LogP contribution in [-0.4, -0.2) is 38.1 Å². The number of amides is 1. The predicted molar refractivity (Wildman–Crippen MR) is 99.9 cm³/mol. The third-order valence-electron chi connectivity index (χ3n) is 4.11. The Balaban J connectivity index is 1.76. The van der Waals surface area contributed by atoms with Crippen LogP contribution in [0.15, 0.2) is 29.6 Å². The minimum absolute atomic E-state index is 0.208. The number of carbonyl (C=O) groups is 1. The van der Waals surface area contributed by atoms with Crippen LogP contribution < -0.4 is 9.80 Å². The maximum Gasteiger partial charge on any atom is 0.231 e. The Bertz CT molecular complexity index is 695. The van der Waals surface area contributed by atoms with E-state index in [2.05, 4.69) is 14.1 Å². The molecule has 1 saturated carbocycles. The van der Waals surface area contributed by atoms with E-state index < -0.39 is 0 Å². The Morgan fingerprint density at radius 3 is 2.67 bits per heavy atom. The van der Waals surface area contributed by atoms with Gasteiger partial charge >= 0.3 is 0 Å². The lowest BCUT2D eigenvalue weighted by Gasteiger charge is -2.20. The highest BCUT2D eigenvalue weighted by molar-refractivity contribution is 7.14. The summed E-state index contributed by atoms with van der Waals surface area (Å²) in [6, 6.07) is 7.65. The summed E-state index contributed by atoms with van der Waals surface area (Å²) >= 11 is 7.49. The van der Waals surface area contributed by atoms with Crippen molar-refractivity contribution in [2.75, 3.05) is 32.1 Å². The minimum atomic E-state index is 0.208. The molecule has 1 aromatic carbocycles. The van der Waals surface area contributed by atoms with E-state index in [4.69, 9.17) is 16.6 Å². The van der Waals surface area contributed by atoms with Crippen molar-refractivity contribution in [2.45, 2.75) is 19.3 Å². The van der Waals surface area contributed by atoms with Crippen molar-refractivity contribution in [3.63, 3.8) is 0 Å². The van der Waals surface area contributed by atoms with Crippen molar-refractivity contribution in [2.24, 2.45) is 5.92 Å². The van der Waals surface area contributed by atoms with E-state index in [0.29, 0.717) is 5.02 Å². The molecular weight excluding hydrogens is 342 g/mol. The number of nitrogens with one attached hydrogen (secondary N) is 1. The smallest absolute Gasteiger partial charge is 0.231 e. The first-order valence-corrected chi connectivity index (χ1v) is 9.62. The van der Waals surface area contributed by atoms with Crippen molar-refractivity contribution < 1.29 is 9.69 Å². The average molecular weight is 365 g/mol. The first-order chi connectivity index (χ1) is 11.5. The number of rotatable bonds is 7. The molecule has 1 amide bonds. The van der Waals surface area contributed by atoms with Crippen LogP contribution in [-0.2, 0) is 4.79 Å². The van der Waals surface area contributed by atoms with E-state index >= 15 is 0 Å². The molecule has 6 heteroatoms. The quantitative estimate of drug-likeness (QED) is 0.820. The molecule has 0 atom stereocenters. The van der Waals surface area contributed by atoms with E-state index in [1.165, 1.54) is 4.90 Å². The van der Waals surface area contributed by atoms with Crippen LogP contribution in [0.3, 0.4) is 0 Å². The van der Waals surface area contributed by atoms with Gasteiger partial charge in [-0.3, -0.25) is 9.69 Å². The zero-order chi connectivity index (χ0) is 17.1. The number of anilines is 1. The number of nitrogens with zero attached hydrogens (tertiary/aromatic N) is 2. The molecule has 0 radical (unpaired) electrons. The molecule has 1 aromatic heterocycles. The molecule has 3 rings (SSSR count). The number of benzene rings is 1. The van der Waals surface area contributed by atoms with Crippen LogP contribution in [0.4, 0.5) is 5.13 Å². The van der Waals surface area contributed by atoms with E-state index in [0.717, 1.165) is 48.7 Å². The molecule has 1 fully saturated rings. The van der Waals surface area contributed by atoms with Gasteiger partial charge in [-0.05, 0) is 25.0 Å². The number of hydrogen-bond acceptors (Lipinski definition) is 3. The summed E-state index contributed by atoms with van der Waals surface area (Å²) in [4.78, 5) is 20.6. The molecule has 4 nitrogen and oxygen atoms in total. The average Bonchev–Trinajstić information content (AvgIpc) is 3.30. The summed E-state index contributed by atoms with van der Waals surface area (Å²) in [6.07, 6.45) is 3.02. The summed E-state index contributed by atoms with van der Waals surface area (Å²) in [7, 11) is 4.27. The SMILES string of the molecule is C[NH+](C)CCCN(C(=O)C1CC1)c1nc(-c2ccc(Cl)cc2)cs1. The summed E-state index contributed by atoms with van der Waals surface area (Å²) in [5.41, 5.74) is 1.93. The van der Waals surface area contributed by atoms with Gasteiger partial charge in [0.2, 0.25) is 5.91 Å². The van der Waals surface area contributed by atoms with Crippen LogP contribution in [0.1, 0.15) is 19.3 Å². The zero-order valence-electron chi connectivity index (χ0n) is 14.1. The normalized spacial score (nSPS) is 14.2. The fourth-order valence-electron chi connectivity index (χ4n) is 2.58. The van der Waals surface area contributed by atoms with E-state index in [1.54, 1.807) is 11.3 Å². The lowest BCUT2D eigenvalue weighted by Crippen LogP contribution is -3.05. The van der Waals surface area contributed by atoms with Crippen LogP contribution in [0.25, 0.3) is 11.3 Å². The van der Waals surface area contributed by atoms with Crippen molar-refractivity contribution in [3.05, 3.63) is 34.7 Å². The van der Waals surface area contributed by atoms with Gasteiger partial charge in [0.05, 0.1) is 26.3 Å². The topological polar surface area (TPSA) is 37.6 Å². The number of carbonyl (C=O) groups excluding carboxylic acids is 1. The van der Waals surface area contributed by atoms with Gasteiger partial charge in [0.15, 0.2) is 5.13 Å². The first kappa shape index (κ1) is 17.4. The zero-order valence-corrected chi connectivity index (χ0v) is 15.7. The highest BCUT2D eigenvalue weighted by atomic mass is 35.5. The summed E-state index contributed by atoms with van der Waals surface area (Å²) in [5.74, 6) is 0.445. The van der Waals surface area contributed by atoms with Gasteiger partial charge in [0.1, 0.15) is 0 Å². The van der Waals surface area contributed by atoms with Crippen molar-refractivity contribution in [1.82, 2.24) is 4.98 Å². The number of halogens is 1. The summed E-state index contributed by atoms with van der Waals surface area (Å²) in [6.45, 7) is 1.79. The third kappa shape index (κ3) is 4.35. The van der Waals surface area contributed by atoms with Crippen LogP contribution in [0.5, 0.6) is 0 Å². The maximum atomic E-state index is 12.6. The summed E-state index contributed by atoms with van der Waals surface area (Å²) in [5, 5.41) is 3.54. The van der Waals surface area contributed by atoms with Gasteiger partial charge in [-0.25, -0.2) is 4.98 Å². The Hall–Kier alpha value is -1.43. The first-order valence-electron chi connectivity index (χ1n) is 8.36. The Labute approximate surface area is 152 Å². The maximum absolute atomic E-state index is 12.6. The number of aromatic nitrogens is 1. The van der Waals surface area contributed by atoms with Crippen molar-refractivity contribution >= 4 is 34.0 Å². The van der Waals surface area contributed by atoms with Gasteiger partial charge in [-0.1, -0.05) is 23.7 Å². The molecule has 0 saturated heterocycles. The van der Waals surface area contributed by atoms with Crippen LogP contribution in [0, 0.1) is 5.92 Å². The molecule has 24 heavy (non-hydrogen) atoms. The van der Waals surface area contributed by atoms with Gasteiger partial charge in [-0.15, -0.1) is 11.3 Å². The molecule has 1 heterocycles. The van der Waals surface area contributed by atoms with Crippen molar-refractivity contribution in [3.8, 4) is 11.3 Å². The standard InChI is InChI=1S/C18H22ClN3OS/c1-21(2)10-3-11-22(17(23)14-4-5-14)18-20-16(12-24-18)13-6-8-15(19)9-7-13/h6-9,12,14H,3-5,10-11H2,1-2H3/p+1. The molecule has 0 unspecified atom stereocenters.